The van der Waals surface area contributed by atoms with Crippen LogP contribution in [0, 0.1) is 0 Å². The predicted octanol–water partition coefficient (Wildman–Crippen LogP) is 5.54. The first-order chi connectivity index (χ1) is 12.0. The summed E-state index contributed by atoms with van der Waals surface area (Å²) in [6.07, 6.45) is 3.84. The fraction of sp³-hybridized carbons (Fsp3) is 0.500. The molecule has 1 aromatic carbocycles. The summed E-state index contributed by atoms with van der Waals surface area (Å²) in [7, 11) is 3.46. The lowest BCUT2D eigenvalue weighted by atomic mass is 10.0. The molecule has 4 nitrogen and oxygen atoms in total. The molecule has 1 atom stereocenters. The van der Waals surface area contributed by atoms with E-state index in [1.807, 2.05) is 19.2 Å². The van der Waals surface area contributed by atoms with Gasteiger partial charge in [-0.05, 0) is 38.4 Å². The van der Waals surface area contributed by atoms with Gasteiger partial charge in [0.2, 0.25) is 0 Å². The molecule has 25 heavy (non-hydrogen) atoms. The van der Waals surface area contributed by atoms with Gasteiger partial charge < -0.3 is 10.1 Å². The van der Waals surface area contributed by atoms with E-state index in [0.717, 1.165) is 29.5 Å². The molecule has 0 amide bonds. The highest BCUT2D eigenvalue weighted by Crippen LogP contribution is 2.40. The van der Waals surface area contributed by atoms with E-state index in [1.165, 1.54) is 24.1 Å². The molecule has 0 radical (unpaired) electrons. The molecule has 1 saturated heterocycles. The van der Waals surface area contributed by atoms with Crippen molar-refractivity contribution >= 4 is 39.7 Å². The van der Waals surface area contributed by atoms with Crippen LogP contribution >= 0.6 is 34.5 Å². The highest BCUT2D eigenvalue weighted by atomic mass is 35.5. The summed E-state index contributed by atoms with van der Waals surface area (Å²) < 4.78 is 5.26. The van der Waals surface area contributed by atoms with Crippen molar-refractivity contribution < 1.29 is 4.74 Å². The van der Waals surface area contributed by atoms with E-state index >= 15 is 0 Å². The summed E-state index contributed by atoms with van der Waals surface area (Å²) in [4.78, 5) is 8.52. The molecular formula is C18H23Cl2N3OS. The van der Waals surface area contributed by atoms with Gasteiger partial charge in [-0.25, -0.2) is 4.98 Å². The van der Waals surface area contributed by atoms with Crippen LogP contribution < -0.4 is 10.1 Å². The molecule has 0 bridgehead atoms. The summed E-state index contributed by atoms with van der Waals surface area (Å²) in [6.45, 7) is 4.34. The van der Waals surface area contributed by atoms with Gasteiger partial charge in [-0.15, -0.1) is 11.3 Å². The van der Waals surface area contributed by atoms with E-state index in [0.29, 0.717) is 21.8 Å². The maximum atomic E-state index is 6.33. The summed E-state index contributed by atoms with van der Waals surface area (Å²) in [5, 5.41) is 5.06. The Morgan fingerprint density at radius 1 is 1.32 bits per heavy atom. The monoisotopic (exact) mass is 399 g/mol. The standard InChI is InChI=1S/C18H23Cl2N3OS/c1-11-6-4-5-7-23(11)10-15-16(22-18(21-2)25-15)12-8-13(19)17(24-3)14(20)9-12/h8-9,11H,4-7,10H2,1-3H3,(H,21,22). The molecule has 2 aromatic rings. The summed E-state index contributed by atoms with van der Waals surface area (Å²) >= 11 is 14.4. The Morgan fingerprint density at radius 2 is 2.04 bits per heavy atom. The number of likely N-dealkylation sites (tertiary alicyclic amines) is 1. The maximum absolute atomic E-state index is 6.33. The third-order valence-electron chi connectivity index (χ3n) is 4.67. The zero-order chi connectivity index (χ0) is 18.0. The fourth-order valence-corrected chi connectivity index (χ4v) is 4.86. The SMILES string of the molecule is CNc1nc(-c2cc(Cl)c(OC)c(Cl)c2)c(CN2CCCCC2C)s1. The number of aromatic nitrogens is 1. The summed E-state index contributed by atoms with van der Waals surface area (Å²) in [6, 6.07) is 4.36. The average molecular weight is 400 g/mol. The number of halogens is 2. The molecule has 1 unspecified atom stereocenters. The number of piperidine rings is 1. The van der Waals surface area contributed by atoms with Gasteiger partial charge in [0.25, 0.3) is 0 Å². The van der Waals surface area contributed by atoms with E-state index < -0.39 is 0 Å². The zero-order valence-corrected chi connectivity index (χ0v) is 17.1. The van der Waals surface area contributed by atoms with Gasteiger partial charge in [-0.1, -0.05) is 29.6 Å². The molecule has 1 aliphatic heterocycles. The Bertz CT molecular complexity index is 727. The van der Waals surface area contributed by atoms with Crippen LogP contribution in [0.25, 0.3) is 11.3 Å². The lowest BCUT2D eigenvalue weighted by Gasteiger charge is -2.33. The van der Waals surface area contributed by atoms with Gasteiger partial charge in [-0.3, -0.25) is 4.90 Å². The molecule has 1 aliphatic rings. The number of benzene rings is 1. The minimum atomic E-state index is 0.501. The number of ether oxygens (including phenoxy) is 1. The van der Waals surface area contributed by atoms with Gasteiger partial charge in [0.1, 0.15) is 0 Å². The van der Waals surface area contributed by atoms with Crippen molar-refractivity contribution in [3.05, 3.63) is 27.1 Å². The lowest BCUT2D eigenvalue weighted by Crippen LogP contribution is -2.36. The van der Waals surface area contributed by atoms with Crippen LogP contribution in [0.4, 0.5) is 5.13 Å². The second kappa shape index (κ2) is 8.12. The van der Waals surface area contributed by atoms with Crippen molar-refractivity contribution in [2.24, 2.45) is 0 Å². The van der Waals surface area contributed by atoms with Gasteiger partial charge in [0, 0.05) is 30.1 Å². The van der Waals surface area contributed by atoms with E-state index in [1.54, 1.807) is 18.4 Å². The molecule has 0 saturated carbocycles. The molecule has 7 heteroatoms. The number of anilines is 1. The van der Waals surface area contributed by atoms with Gasteiger partial charge in [0.15, 0.2) is 10.9 Å². The molecule has 136 valence electrons. The number of methoxy groups -OCH3 is 1. The van der Waals surface area contributed by atoms with E-state index in [-0.39, 0.29) is 0 Å². The highest BCUT2D eigenvalue weighted by molar-refractivity contribution is 7.16. The average Bonchev–Trinajstić information content (AvgIpc) is 3.00. The number of hydrogen-bond donors (Lipinski definition) is 1. The van der Waals surface area contributed by atoms with Crippen LogP contribution in [-0.4, -0.2) is 36.6 Å². The molecular weight excluding hydrogens is 377 g/mol. The third kappa shape index (κ3) is 4.05. The van der Waals surface area contributed by atoms with Crippen LogP contribution in [0.2, 0.25) is 10.0 Å². The van der Waals surface area contributed by atoms with Crippen LogP contribution in [-0.2, 0) is 6.54 Å². The van der Waals surface area contributed by atoms with Gasteiger partial charge in [0.05, 0.1) is 22.8 Å². The molecule has 1 fully saturated rings. The molecule has 1 N–H and O–H groups in total. The maximum Gasteiger partial charge on any atom is 0.183 e. The van der Waals surface area contributed by atoms with Crippen molar-refractivity contribution in [2.75, 3.05) is 26.0 Å². The molecule has 3 rings (SSSR count). The number of hydrogen-bond acceptors (Lipinski definition) is 5. The molecule has 0 aliphatic carbocycles. The number of thiazole rings is 1. The number of nitrogens with one attached hydrogen (secondary N) is 1. The number of rotatable bonds is 5. The predicted molar refractivity (Wildman–Crippen MR) is 107 cm³/mol. The second-order valence-corrected chi connectivity index (χ2v) is 8.23. The minimum Gasteiger partial charge on any atom is -0.494 e. The normalized spacial score (nSPS) is 18.4. The Morgan fingerprint density at radius 3 is 2.64 bits per heavy atom. The second-order valence-electron chi connectivity index (χ2n) is 6.33. The van der Waals surface area contributed by atoms with Gasteiger partial charge in [-0.2, -0.15) is 0 Å². The van der Waals surface area contributed by atoms with E-state index in [2.05, 4.69) is 17.1 Å². The smallest absolute Gasteiger partial charge is 0.183 e. The molecule has 2 heterocycles. The van der Waals surface area contributed by atoms with Crippen LogP contribution in [0.5, 0.6) is 5.75 Å². The summed E-state index contributed by atoms with van der Waals surface area (Å²) in [5.74, 6) is 0.502. The first-order valence-corrected chi connectivity index (χ1v) is 10.1. The molecule has 1 aromatic heterocycles. The van der Waals surface area contributed by atoms with Crippen molar-refractivity contribution in [3.63, 3.8) is 0 Å². The Balaban J connectivity index is 1.97. The van der Waals surface area contributed by atoms with Gasteiger partial charge >= 0.3 is 0 Å². The third-order valence-corrected chi connectivity index (χ3v) is 6.29. The van der Waals surface area contributed by atoms with Crippen molar-refractivity contribution in [2.45, 2.75) is 38.8 Å². The van der Waals surface area contributed by atoms with E-state index in [4.69, 9.17) is 32.9 Å². The van der Waals surface area contributed by atoms with E-state index in [9.17, 15) is 0 Å². The number of nitrogens with zero attached hydrogens (tertiary/aromatic N) is 2. The Hall–Kier alpha value is -1.01. The van der Waals surface area contributed by atoms with Crippen LogP contribution in [0.15, 0.2) is 12.1 Å². The van der Waals surface area contributed by atoms with Crippen molar-refractivity contribution in [1.29, 1.82) is 0 Å². The van der Waals surface area contributed by atoms with Crippen molar-refractivity contribution in [1.82, 2.24) is 9.88 Å². The summed E-state index contributed by atoms with van der Waals surface area (Å²) in [5.41, 5.74) is 1.87. The lowest BCUT2D eigenvalue weighted by molar-refractivity contribution is 0.154. The minimum absolute atomic E-state index is 0.501. The van der Waals surface area contributed by atoms with Crippen LogP contribution in [0.3, 0.4) is 0 Å². The Labute approximate surface area is 163 Å². The quantitative estimate of drug-likeness (QED) is 0.715. The highest BCUT2D eigenvalue weighted by Gasteiger charge is 2.23. The molecule has 0 spiro atoms. The van der Waals surface area contributed by atoms with Crippen LogP contribution in [0.1, 0.15) is 31.1 Å². The largest absolute Gasteiger partial charge is 0.494 e. The van der Waals surface area contributed by atoms with Crippen molar-refractivity contribution in [3.8, 4) is 17.0 Å². The first kappa shape index (κ1) is 18.8. The zero-order valence-electron chi connectivity index (χ0n) is 14.7. The topological polar surface area (TPSA) is 37.4 Å². The first-order valence-electron chi connectivity index (χ1n) is 8.48. The fourth-order valence-electron chi connectivity index (χ4n) is 3.26. The Kier molecular flexibility index (Phi) is 6.10.